The topological polar surface area (TPSA) is 102 Å². The maximum atomic E-state index is 12.9. The van der Waals surface area contributed by atoms with Gasteiger partial charge in [0.15, 0.2) is 34.7 Å². The fourth-order valence-electron chi connectivity index (χ4n) is 8.43. The lowest BCUT2D eigenvalue weighted by atomic mass is 9.83. The molecule has 0 bridgehead atoms. The van der Waals surface area contributed by atoms with E-state index in [-0.39, 0.29) is 34.7 Å². The largest absolute Gasteiger partial charge is 0.289 e. The molecule has 2 unspecified atom stereocenters. The Hall–Kier alpha value is -5.62. The van der Waals surface area contributed by atoms with Gasteiger partial charge in [-0.3, -0.25) is 28.8 Å². The summed E-state index contributed by atoms with van der Waals surface area (Å²) < 4.78 is 0. The number of rotatable bonds is 16. The molecule has 0 fully saturated rings. The summed E-state index contributed by atoms with van der Waals surface area (Å²) in [5, 5.41) is 0. The first-order chi connectivity index (χ1) is 30.4. The van der Waals surface area contributed by atoms with Crippen molar-refractivity contribution in [3.63, 3.8) is 0 Å². The Morgan fingerprint density at radius 2 is 0.844 bits per heavy atom. The number of fused-ring (bicyclic) bond motifs is 3. The molecule has 0 N–H and O–H groups in total. The van der Waals surface area contributed by atoms with E-state index in [2.05, 4.69) is 40.7 Å². The van der Waals surface area contributed by atoms with Crippen molar-refractivity contribution in [2.24, 2.45) is 17.8 Å². The minimum atomic E-state index is -0.0762. The van der Waals surface area contributed by atoms with Gasteiger partial charge in [-0.15, -0.1) is 0 Å². The van der Waals surface area contributed by atoms with E-state index in [1.165, 1.54) is 63.0 Å². The molecule has 6 heteroatoms. The van der Waals surface area contributed by atoms with Gasteiger partial charge in [0.25, 0.3) is 0 Å². The summed E-state index contributed by atoms with van der Waals surface area (Å²) >= 11 is 0. The van der Waals surface area contributed by atoms with E-state index in [9.17, 15) is 28.8 Å². The summed E-state index contributed by atoms with van der Waals surface area (Å²) in [4.78, 5) is 73.0. The van der Waals surface area contributed by atoms with Crippen LogP contribution >= 0.6 is 0 Å². The summed E-state index contributed by atoms with van der Waals surface area (Å²) in [7, 11) is 0. The van der Waals surface area contributed by atoms with E-state index in [0.29, 0.717) is 74.1 Å². The molecule has 6 rings (SSSR count). The zero-order chi connectivity index (χ0) is 47.1. The van der Waals surface area contributed by atoms with Crippen molar-refractivity contribution in [3.8, 4) is 0 Å². The second-order valence-corrected chi connectivity index (χ2v) is 18.8. The monoisotopic (exact) mass is 863 g/mol. The van der Waals surface area contributed by atoms with Gasteiger partial charge in [-0.05, 0) is 91.1 Å². The first-order valence-corrected chi connectivity index (χ1v) is 23.3. The fraction of sp³-hybridized carbons (Fsp3) is 0.414. The lowest BCUT2D eigenvalue weighted by Crippen LogP contribution is -2.20. The van der Waals surface area contributed by atoms with E-state index >= 15 is 0 Å². The van der Waals surface area contributed by atoms with E-state index in [4.69, 9.17) is 0 Å². The average molecular weight is 863 g/mol. The Bertz CT molecular complexity index is 2390. The second-order valence-electron chi connectivity index (χ2n) is 18.8. The standard InChI is InChI=1S/C31H46O2.C16H16O2.C11H8O2/c1-22(2)12-9-13-23(3)14-10-15-24(4)16-11-17-25(5)20-21-27-26(6)30(32)28-18-7-8-19-29(28)31(27)33;1-10(2)8-9-12-11(3)15(17)13-6-4-5-7-14(13)16(12)18;1-7-6-10(12)8-4-2-3-5-9(8)11(7)13/h7-8,18-20,22-24H,9-17,21H2,1-6H3;4-8H,9H2,1-3H3;2-6H,1H3/b25-20+;;. The molecule has 0 saturated carbocycles. The Morgan fingerprint density at radius 1 is 0.469 bits per heavy atom. The second kappa shape index (κ2) is 24.4. The highest BCUT2D eigenvalue weighted by Gasteiger charge is 2.30. The van der Waals surface area contributed by atoms with Crippen molar-refractivity contribution in [1.82, 2.24) is 0 Å². The van der Waals surface area contributed by atoms with Gasteiger partial charge in [0.05, 0.1) is 0 Å². The molecule has 6 nitrogen and oxygen atoms in total. The van der Waals surface area contributed by atoms with E-state index in [1.807, 2.05) is 32.1 Å². The molecule has 0 aromatic heterocycles. The highest BCUT2D eigenvalue weighted by molar-refractivity contribution is 6.28. The number of allylic oxidation sites excluding steroid dienone is 10. The zero-order valence-corrected chi connectivity index (χ0v) is 40.1. The molecule has 0 heterocycles. The van der Waals surface area contributed by atoms with Crippen molar-refractivity contribution in [2.75, 3.05) is 0 Å². The van der Waals surface area contributed by atoms with Crippen LogP contribution in [0.1, 0.15) is 202 Å². The predicted octanol–water partition coefficient (Wildman–Crippen LogP) is 14.9. The van der Waals surface area contributed by atoms with E-state index in [0.717, 1.165) is 29.7 Å². The van der Waals surface area contributed by atoms with Crippen LogP contribution in [0.4, 0.5) is 0 Å². The molecule has 0 spiro atoms. The third kappa shape index (κ3) is 13.9. The van der Waals surface area contributed by atoms with Crippen LogP contribution in [0.3, 0.4) is 0 Å². The summed E-state index contributed by atoms with van der Waals surface area (Å²) in [5.74, 6) is 2.32. The van der Waals surface area contributed by atoms with Crippen LogP contribution in [-0.2, 0) is 0 Å². The summed E-state index contributed by atoms with van der Waals surface area (Å²) in [6, 6.07) is 21.1. The molecule has 64 heavy (non-hydrogen) atoms. The number of hydrogen-bond acceptors (Lipinski definition) is 6. The van der Waals surface area contributed by atoms with Crippen LogP contribution < -0.4 is 0 Å². The normalized spacial score (nSPS) is 15.7. The number of hydrogen-bond donors (Lipinski definition) is 0. The molecule has 0 radical (unpaired) electrons. The van der Waals surface area contributed by atoms with Gasteiger partial charge < -0.3 is 0 Å². The number of carbonyl (C=O) groups is 6. The Balaban J connectivity index is 0.000000239. The van der Waals surface area contributed by atoms with Gasteiger partial charge in [0, 0.05) is 61.2 Å². The minimum absolute atomic E-state index is 0.00526. The molecule has 3 aromatic carbocycles. The Labute approximate surface area is 383 Å². The predicted molar refractivity (Wildman–Crippen MR) is 262 cm³/mol. The molecular formula is C58H70O6. The highest BCUT2D eigenvalue weighted by atomic mass is 16.2. The van der Waals surface area contributed by atoms with Crippen LogP contribution in [0, 0.1) is 17.8 Å². The van der Waals surface area contributed by atoms with Gasteiger partial charge in [-0.2, -0.15) is 0 Å². The third-order valence-corrected chi connectivity index (χ3v) is 12.6. The molecule has 2 atom stereocenters. The van der Waals surface area contributed by atoms with Crippen molar-refractivity contribution < 1.29 is 28.8 Å². The maximum absolute atomic E-state index is 12.9. The average Bonchev–Trinajstić information content (AvgIpc) is 3.27. The van der Waals surface area contributed by atoms with Gasteiger partial charge in [-0.25, -0.2) is 0 Å². The van der Waals surface area contributed by atoms with Gasteiger partial charge in [-0.1, -0.05) is 169 Å². The molecule has 3 aliphatic rings. The molecule has 3 aliphatic carbocycles. The molecule has 338 valence electrons. The van der Waals surface area contributed by atoms with Crippen LogP contribution in [0.5, 0.6) is 0 Å². The lowest BCUT2D eigenvalue weighted by molar-refractivity contribution is 0.0973. The quantitative estimate of drug-likeness (QED) is 0.133. The van der Waals surface area contributed by atoms with Crippen LogP contribution in [0.2, 0.25) is 0 Å². The van der Waals surface area contributed by atoms with Crippen LogP contribution in [0.25, 0.3) is 0 Å². The summed E-state index contributed by atoms with van der Waals surface area (Å²) in [5.41, 5.74) is 8.65. The van der Waals surface area contributed by atoms with Gasteiger partial charge >= 0.3 is 0 Å². The maximum Gasteiger partial charge on any atom is 0.190 e. The minimum Gasteiger partial charge on any atom is -0.289 e. The van der Waals surface area contributed by atoms with E-state index < -0.39 is 0 Å². The molecular weight excluding hydrogens is 793 g/mol. The molecule has 0 amide bonds. The Morgan fingerprint density at radius 3 is 1.28 bits per heavy atom. The molecule has 0 saturated heterocycles. The number of Topliss-reactive ketones (excluding diaryl/α,β-unsaturated/α-hetero) is 5. The van der Waals surface area contributed by atoms with Crippen LogP contribution in [-0.4, -0.2) is 34.7 Å². The van der Waals surface area contributed by atoms with Crippen molar-refractivity contribution in [1.29, 1.82) is 0 Å². The third-order valence-electron chi connectivity index (χ3n) is 12.6. The Kier molecular flexibility index (Phi) is 19.5. The van der Waals surface area contributed by atoms with Crippen LogP contribution in [0.15, 0.2) is 130 Å². The smallest absolute Gasteiger partial charge is 0.190 e. The number of benzene rings is 3. The van der Waals surface area contributed by atoms with E-state index in [1.54, 1.807) is 81.4 Å². The van der Waals surface area contributed by atoms with Crippen molar-refractivity contribution >= 4 is 34.7 Å². The number of ketones is 6. The van der Waals surface area contributed by atoms with Gasteiger partial charge in [0.1, 0.15) is 0 Å². The van der Waals surface area contributed by atoms with Gasteiger partial charge in [0.2, 0.25) is 0 Å². The fourth-order valence-corrected chi connectivity index (χ4v) is 8.43. The number of carbonyl (C=O) groups excluding carboxylic acids is 6. The van der Waals surface area contributed by atoms with Crippen molar-refractivity contribution in [3.05, 3.63) is 163 Å². The van der Waals surface area contributed by atoms with Crippen molar-refractivity contribution in [2.45, 2.75) is 140 Å². The SMILES string of the molecule is CC(C)=CCC1=C(C)C(=O)c2ccccc2C1=O.CC1=C(C/C=C(\C)CCCC(C)CCCC(C)CCCC(C)C)C(=O)c2ccccc2C1=O.CC1=CC(=O)c2ccccc2C1=O. The summed E-state index contributed by atoms with van der Waals surface area (Å²) in [6.07, 6.45) is 18.3. The lowest BCUT2D eigenvalue weighted by Gasteiger charge is -2.18. The molecule has 3 aromatic rings. The molecule has 0 aliphatic heterocycles. The zero-order valence-electron chi connectivity index (χ0n) is 40.1. The highest BCUT2D eigenvalue weighted by Crippen LogP contribution is 2.30. The summed E-state index contributed by atoms with van der Waals surface area (Å²) in [6.45, 7) is 20.8. The first-order valence-electron chi connectivity index (χ1n) is 23.3. The first kappa shape index (κ1) is 51.0.